The van der Waals surface area contributed by atoms with Crippen molar-refractivity contribution >= 4 is 0 Å². The van der Waals surface area contributed by atoms with Gasteiger partial charge in [-0.05, 0) is 49.1 Å². The van der Waals surface area contributed by atoms with E-state index in [1.165, 1.54) is 43.2 Å². The summed E-state index contributed by atoms with van der Waals surface area (Å²) in [7, 11) is 0. The summed E-state index contributed by atoms with van der Waals surface area (Å²) < 4.78 is 6.15. The molecule has 0 spiro atoms. The van der Waals surface area contributed by atoms with Crippen molar-refractivity contribution in [2.75, 3.05) is 19.8 Å². The molecule has 1 N–H and O–H groups in total. The third-order valence-corrected chi connectivity index (χ3v) is 4.97. The Balaban J connectivity index is 1.77. The Morgan fingerprint density at radius 2 is 2.10 bits per heavy atom. The van der Waals surface area contributed by atoms with Crippen LogP contribution in [0.15, 0.2) is 24.3 Å². The normalized spacial score (nSPS) is 25.1. The van der Waals surface area contributed by atoms with Crippen molar-refractivity contribution in [1.82, 2.24) is 5.32 Å². The van der Waals surface area contributed by atoms with Crippen LogP contribution in [-0.4, -0.2) is 25.8 Å². The molecular formula is C19H29NO. The Kier molecular flexibility index (Phi) is 4.66. The highest BCUT2D eigenvalue weighted by molar-refractivity contribution is 5.37. The first-order valence-corrected chi connectivity index (χ1v) is 8.59. The first-order chi connectivity index (χ1) is 10.2. The van der Waals surface area contributed by atoms with E-state index < -0.39 is 0 Å². The van der Waals surface area contributed by atoms with Crippen LogP contribution < -0.4 is 5.32 Å². The fourth-order valence-corrected chi connectivity index (χ4v) is 3.50. The topological polar surface area (TPSA) is 21.3 Å². The predicted octanol–water partition coefficient (Wildman–Crippen LogP) is 3.69. The monoisotopic (exact) mass is 287 g/mol. The minimum Gasteiger partial charge on any atom is -0.380 e. The molecule has 2 heteroatoms. The van der Waals surface area contributed by atoms with E-state index in [4.69, 9.17) is 4.74 Å². The summed E-state index contributed by atoms with van der Waals surface area (Å²) in [6, 6.07) is 9.53. The highest BCUT2D eigenvalue weighted by Crippen LogP contribution is 2.38. The summed E-state index contributed by atoms with van der Waals surface area (Å²) in [6.45, 7) is 7.33. The Hall–Kier alpha value is -0.860. The second kappa shape index (κ2) is 6.50. The molecule has 0 radical (unpaired) electrons. The highest BCUT2D eigenvalue weighted by Gasteiger charge is 2.37. The SMILES string of the molecule is CC(C)NCC1(COCC2CC2)CCCc2ccccc21. The lowest BCUT2D eigenvalue weighted by atomic mass is 9.70. The minimum absolute atomic E-state index is 0.175. The lowest BCUT2D eigenvalue weighted by Gasteiger charge is -2.40. The lowest BCUT2D eigenvalue weighted by molar-refractivity contribution is 0.0656. The zero-order chi connectivity index (χ0) is 14.7. The summed E-state index contributed by atoms with van der Waals surface area (Å²) in [5.41, 5.74) is 3.23. The minimum atomic E-state index is 0.175. The van der Waals surface area contributed by atoms with Crippen LogP contribution in [-0.2, 0) is 16.6 Å². The van der Waals surface area contributed by atoms with E-state index in [1.807, 2.05) is 0 Å². The molecule has 1 fully saturated rings. The van der Waals surface area contributed by atoms with Crippen LogP contribution in [0.1, 0.15) is 50.7 Å². The van der Waals surface area contributed by atoms with Gasteiger partial charge in [0.2, 0.25) is 0 Å². The maximum Gasteiger partial charge on any atom is 0.0575 e. The fraction of sp³-hybridized carbons (Fsp3) is 0.684. The zero-order valence-corrected chi connectivity index (χ0v) is 13.5. The van der Waals surface area contributed by atoms with Crippen molar-refractivity contribution in [2.45, 2.75) is 57.4 Å². The zero-order valence-electron chi connectivity index (χ0n) is 13.5. The van der Waals surface area contributed by atoms with Gasteiger partial charge in [0.25, 0.3) is 0 Å². The van der Waals surface area contributed by atoms with E-state index in [0.717, 1.165) is 25.7 Å². The van der Waals surface area contributed by atoms with Crippen molar-refractivity contribution in [3.8, 4) is 0 Å². The second-order valence-corrected chi connectivity index (χ2v) is 7.29. The smallest absolute Gasteiger partial charge is 0.0575 e. The highest BCUT2D eigenvalue weighted by atomic mass is 16.5. The molecule has 1 saturated carbocycles. The predicted molar refractivity (Wildman–Crippen MR) is 87.7 cm³/mol. The molecule has 2 nitrogen and oxygen atoms in total. The molecular weight excluding hydrogens is 258 g/mol. The molecule has 0 heterocycles. The number of hydrogen-bond acceptors (Lipinski definition) is 2. The van der Waals surface area contributed by atoms with Gasteiger partial charge in [-0.15, -0.1) is 0 Å². The fourth-order valence-electron chi connectivity index (χ4n) is 3.50. The molecule has 116 valence electrons. The van der Waals surface area contributed by atoms with Crippen molar-refractivity contribution < 1.29 is 4.74 Å². The molecule has 0 bridgehead atoms. The molecule has 2 aliphatic rings. The van der Waals surface area contributed by atoms with E-state index >= 15 is 0 Å². The van der Waals surface area contributed by atoms with Gasteiger partial charge in [-0.2, -0.15) is 0 Å². The number of benzene rings is 1. The largest absolute Gasteiger partial charge is 0.380 e. The summed E-state index contributed by atoms with van der Waals surface area (Å²) in [4.78, 5) is 0. The molecule has 3 rings (SSSR count). The number of ether oxygens (including phenoxy) is 1. The summed E-state index contributed by atoms with van der Waals surface area (Å²) >= 11 is 0. The van der Waals surface area contributed by atoms with Crippen molar-refractivity contribution in [3.63, 3.8) is 0 Å². The molecule has 0 aromatic heterocycles. The van der Waals surface area contributed by atoms with Crippen molar-refractivity contribution in [2.24, 2.45) is 5.92 Å². The Morgan fingerprint density at radius 1 is 1.29 bits per heavy atom. The van der Waals surface area contributed by atoms with Crippen LogP contribution >= 0.6 is 0 Å². The molecule has 0 aliphatic heterocycles. The van der Waals surface area contributed by atoms with E-state index in [9.17, 15) is 0 Å². The molecule has 1 aromatic rings. The molecule has 1 aromatic carbocycles. The van der Waals surface area contributed by atoms with Crippen LogP contribution in [0.25, 0.3) is 0 Å². The maximum atomic E-state index is 6.15. The number of fused-ring (bicyclic) bond motifs is 1. The molecule has 0 amide bonds. The van der Waals surface area contributed by atoms with Gasteiger partial charge < -0.3 is 10.1 Å². The van der Waals surface area contributed by atoms with Gasteiger partial charge in [-0.3, -0.25) is 0 Å². The Bertz CT molecular complexity index is 466. The van der Waals surface area contributed by atoms with Crippen LogP contribution in [0.3, 0.4) is 0 Å². The summed E-state index contributed by atoms with van der Waals surface area (Å²) in [6.07, 6.45) is 6.49. The third kappa shape index (κ3) is 3.67. The Morgan fingerprint density at radius 3 is 2.86 bits per heavy atom. The van der Waals surface area contributed by atoms with E-state index in [1.54, 1.807) is 0 Å². The number of nitrogens with one attached hydrogen (secondary N) is 1. The van der Waals surface area contributed by atoms with Gasteiger partial charge in [0, 0.05) is 24.6 Å². The van der Waals surface area contributed by atoms with E-state index in [0.29, 0.717) is 6.04 Å². The Labute approximate surface area is 129 Å². The average Bonchev–Trinajstić information content (AvgIpc) is 3.30. The van der Waals surface area contributed by atoms with Gasteiger partial charge >= 0.3 is 0 Å². The third-order valence-electron chi connectivity index (χ3n) is 4.97. The molecule has 2 aliphatic carbocycles. The molecule has 1 unspecified atom stereocenters. The second-order valence-electron chi connectivity index (χ2n) is 7.29. The van der Waals surface area contributed by atoms with Crippen LogP contribution in [0, 0.1) is 5.92 Å². The molecule has 21 heavy (non-hydrogen) atoms. The first kappa shape index (κ1) is 15.1. The quantitative estimate of drug-likeness (QED) is 0.826. The standard InChI is InChI=1S/C19H29NO/c1-15(2)20-13-19(14-21-12-16-9-10-16)11-5-7-17-6-3-4-8-18(17)19/h3-4,6,8,15-16,20H,5,7,9-14H2,1-2H3. The first-order valence-electron chi connectivity index (χ1n) is 8.59. The maximum absolute atomic E-state index is 6.15. The number of aryl methyl sites for hydroxylation is 1. The van der Waals surface area contributed by atoms with Crippen molar-refractivity contribution in [1.29, 1.82) is 0 Å². The van der Waals surface area contributed by atoms with Crippen LogP contribution in [0.2, 0.25) is 0 Å². The van der Waals surface area contributed by atoms with Gasteiger partial charge in [0.05, 0.1) is 6.61 Å². The van der Waals surface area contributed by atoms with Gasteiger partial charge in [-0.25, -0.2) is 0 Å². The number of rotatable bonds is 7. The van der Waals surface area contributed by atoms with Crippen molar-refractivity contribution in [3.05, 3.63) is 35.4 Å². The summed E-state index contributed by atoms with van der Waals surface area (Å²) in [5.74, 6) is 0.846. The van der Waals surface area contributed by atoms with Crippen LogP contribution in [0.4, 0.5) is 0 Å². The van der Waals surface area contributed by atoms with Gasteiger partial charge in [-0.1, -0.05) is 38.1 Å². The van der Waals surface area contributed by atoms with Crippen LogP contribution in [0.5, 0.6) is 0 Å². The molecule has 1 atom stereocenters. The van der Waals surface area contributed by atoms with Gasteiger partial charge in [0.1, 0.15) is 0 Å². The van der Waals surface area contributed by atoms with E-state index in [2.05, 4.69) is 43.4 Å². The van der Waals surface area contributed by atoms with Gasteiger partial charge in [0.15, 0.2) is 0 Å². The van der Waals surface area contributed by atoms with E-state index in [-0.39, 0.29) is 5.41 Å². The average molecular weight is 287 g/mol. The molecule has 0 saturated heterocycles. The summed E-state index contributed by atoms with van der Waals surface area (Å²) in [5, 5.41) is 3.67. The number of hydrogen-bond donors (Lipinski definition) is 1. The lowest BCUT2D eigenvalue weighted by Crippen LogP contribution is -2.46.